The summed E-state index contributed by atoms with van der Waals surface area (Å²) >= 11 is 6.45. The molecule has 0 N–H and O–H groups in total. The van der Waals surface area contributed by atoms with Gasteiger partial charge in [0.2, 0.25) is 0 Å². The zero-order chi connectivity index (χ0) is 15.1. The van der Waals surface area contributed by atoms with Crippen molar-refractivity contribution in [1.82, 2.24) is 19.8 Å². The van der Waals surface area contributed by atoms with Gasteiger partial charge in [-0.25, -0.2) is 0 Å². The number of aromatic nitrogens is 3. The molecule has 5 nitrogen and oxygen atoms in total. The lowest BCUT2D eigenvalue weighted by molar-refractivity contribution is 0.246. The molecule has 0 unspecified atom stereocenters. The monoisotopic (exact) mass is 308 g/mol. The highest BCUT2D eigenvalue weighted by Gasteiger charge is 2.32. The van der Waals surface area contributed by atoms with Gasteiger partial charge in [-0.2, -0.15) is 5.10 Å². The molecular weight excluding hydrogens is 288 g/mol. The van der Waals surface area contributed by atoms with E-state index in [0.717, 1.165) is 41.8 Å². The van der Waals surface area contributed by atoms with Crippen LogP contribution in [0, 0.1) is 20.8 Å². The third-order valence-electron chi connectivity index (χ3n) is 4.44. The molecule has 1 aliphatic heterocycles. The Bertz CT molecular complexity index is 641. The summed E-state index contributed by atoms with van der Waals surface area (Å²) in [6.45, 7) is 7.94. The first-order chi connectivity index (χ1) is 9.99. The number of nitrogens with zero attached hydrogens (tertiary/aromatic N) is 4. The van der Waals surface area contributed by atoms with Crippen molar-refractivity contribution in [3.8, 4) is 0 Å². The number of hydrogen-bond donors (Lipinski definition) is 0. The molecule has 0 bridgehead atoms. The first-order valence-corrected chi connectivity index (χ1v) is 7.71. The molecule has 3 heterocycles. The Labute approximate surface area is 129 Å². The maximum Gasteiger partial charge on any atom is 0.138 e. The van der Waals surface area contributed by atoms with E-state index in [0.29, 0.717) is 6.04 Å². The molecule has 3 rings (SSSR count). The topological polar surface area (TPSA) is 47.1 Å². The Balaban J connectivity index is 1.89. The maximum atomic E-state index is 6.45. The third kappa shape index (κ3) is 2.49. The second kappa shape index (κ2) is 5.46. The molecule has 114 valence electrons. The number of likely N-dealkylation sites (tertiary alicyclic amines) is 1. The second-order valence-electron chi connectivity index (χ2n) is 5.84. The average molecular weight is 309 g/mol. The van der Waals surface area contributed by atoms with E-state index in [1.807, 2.05) is 27.8 Å². The fraction of sp³-hybridized carbons (Fsp3) is 0.600. The predicted octanol–water partition coefficient (Wildman–Crippen LogP) is 3.32. The molecular formula is C15H21ClN4O. The van der Waals surface area contributed by atoms with Crippen LogP contribution in [0.25, 0.3) is 0 Å². The lowest BCUT2D eigenvalue weighted by Gasteiger charge is -2.24. The van der Waals surface area contributed by atoms with Crippen LogP contribution in [0.1, 0.15) is 47.2 Å². The number of hydrogen-bond acceptors (Lipinski definition) is 4. The van der Waals surface area contributed by atoms with Crippen LogP contribution in [-0.2, 0) is 13.6 Å². The van der Waals surface area contributed by atoms with E-state index in [-0.39, 0.29) is 0 Å². The average Bonchev–Trinajstić information content (AvgIpc) is 3.07. The van der Waals surface area contributed by atoms with Gasteiger partial charge in [0.25, 0.3) is 0 Å². The van der Waals surface area contributed by atoms with Crippen molar-refractivity contribution < 1.29 is 4.52 Å². The summed E-state index contributed by atoms with van der Waals surface area (Å²) in [5, 5.41) is 9.25. The van der Waals surface area contributed by atoms with E-state index in [4.69, 9.17) is 16.1 Å². The van der Waals surface area contributed by atoms with Gasteiger partial charge in [-0.3, -0.25) is 9.58 Å². The van der Waals surface area contributed by atoms with Gasteiger partial charge in [0.05, 0.1) is 11.4 Å². The Morgan fingerprint density at radius 1 is 1.29 bits per heavy atom. The van der Waals surface area contributed by atoms with E-state index < -0.39 is 0 Å². The number of aryl methyl sites for hydroxylation is 4. The molecule has 0 spiro atoms. The Morgan fingerprint density at radius 2 is 2.05 bits per heavy atom. The summed E-state index contributed by atoms with van der Waals surface area (Å²) in [5.74, 6) is 0.909. The fourth-order valence-corrected chi connectivity index (χ4v) is 3.60. The molecule has 1 fully saturated rings. The van der Waals surface area contributed by atoms with Crippen molar-refractivity contribution in [3.05, 3.63) is 33.4 Å². The molecule has 2 aromatic rings. The van der Waals surface area contributed by atoms with Crippen molar-refractivity contribution in [1.29, 1.82) is 0 Å². The van der Waals surface area contributed by atoms with Crippen molar-refractivity contribution in [3.63, 3.8) is 0 Å². The van der Waals surface area contributed by atoms with Crippen molar-refractivity contribution >= 4 is 11.6 Å². The second-order valence-corrected chi connectivity index (χ2v) is 6.20. The molecule has 1 atom stereocenters. The van der Waals surface area contributed by atoms with Gasteiger partial charge in [-0.1, -0.05) is 16.8 Å². The molecule has 0 aromatic carbocycles. The summed E-state index contributed by atoms with van der Waals surface area (Å²) in [4.78, 5) is 2.46. The van der Waals surface area contributed by atoms with Crippen LogP contribution in [0.5, 0.6) is 0 Å². The molecule has 6 heteroatoms. The van der Waals surface area contributed by atoms with Gasteiger partial charge in [0, 0.05) is 30.8 Å². The highest BCUT2D eigenvalue weighted by molar-refractivity contribution is 6.30. The van der Waals surface area contributed by atoms with Crippen LogP contribution in [-0.4, -0.2) is 26.4 Å². The standard InChI is InChI=1S/C15H21ClN4O/c1-9-12(11(3)21-18-9)8-20-7-5-6-13(20)14-10(2)17-19(4)15(14)16/h13H,5-8H2,1-4H3/t13-/m0/s1. The summed E-state index contributed by atoms with van der Waals surface area (Å²) < 4.78 is 7.04. The van der Waals surface area contributed by atoms with Crippen molar-refractivity contribution in [2.45, 2.75) is 46.2 Å². The summed E-state index contributed by atoms with van der Waals surface area (Å²) in [6, 6.07) is 0.333. The van der Waals surface area contributed by atoms with Crippen LogP contribution in [0.2, 0.25) is 5.15 Å². The Morgan fingerprint density at radius 3 is 2.62 bits per heavy atom. The molecule has 0 amide bonds. The first kappa shape index (κ1) is 14.6. The maximum absolute atomic E-state index is 6.45. The fourth-order valence-electron chi connectivity index (χ4n) is 3.30. The minimum Gasteiger partial charge on any atom is -0.361 e. The first-order valence-electron chi connectivity index (χ1n) is 7.33. The highest BCUT2D eigenvalue weighted by atomic mass is 35.5. The normalized spacial score (nSPS) is 19.6. The Kier molecular flexibility index (Phi) is 3.80. The van der Waals surface area contributed by atoms with Gasteiger partial charge in [0.15, 0.2) is 0 Å². The summed E-state index contributed by atoms with van der Waals surface area (Å²) in [5.41, 5.74) is 4.37. The van der Waals surface area contributed by atoms with Gasteiger partial charge >= 0.3 is 0 Å². The van der Waals surface area contributed by atoms with Crippen LogP contribution < -0.4 is 0 Å². The van der Waals surface area contributed by atoms with Crippen LogP contribution in [0.4, 0.5) is 0 Å². The smallest absolute Gasteiger partial charge is 0.138 e. The molecule has 1 saturated heterocycles. The van der Waals surface area contributed by atoms with Crippen molar-refractivity contribution in [2.24, 2.45) is 7.05 Å². The molecule has 0 saturated carbocycles. The molecule has 21 heavy (non-hydrogen) atoms. The van der Waals surface area contributed by atoms with Crippen LogP contribution in [0.15, 0.2) is 4.52 Å². The van der Waals surface area contributed by atoms with Gasteiger partial charge in [-0.15, -0.1) is 0 Å². The minimum atomic E-state index is 0.333. The molecule has 0 aliphatic carbocycles. The molecule has 1 aliphatic rings. The van der Waals surface area contributed by atoms with Crippen molar-refractivity contribution in [2.75, 3.05) is 6.54 Å². The van der Waals surface area contributed by atoms with Gasteiger partial charge < -0.3 is 4.52 Å². The highest BCUT2D eigenvalue weighted by Crippen LogP contribution is 2.38. The van der Waals surface area contributed by atoms with E-state index in [1.165, 1.54) is 17.5 Å². The van der Waals surface area contributed by atoms with E-state index in [1.54, 1.807) is 4.68 Å². The third-order valence-corrected chi connectivity index (χ3v) is 4.88. The molecule has 0 radical (unpaired) electrons. The van der Waals surface area contributed by atoms with E-state index >= 15 is 0 Å². The minimum absolute atomic E-state index is 0.333. The van der Waals surface area contributed by atoms with Crippen LogP contribution in [0.3, 0.4) is 0 Å². The zero-order valence-electron chi connectivity index (χ0n) is 13.0. The Hall–Kier alpha value is -1.33. The lowest BCUT2D eigenvalue weighted by atomic mass is 10.0. The SMILES string of the molecule is Cc1noc(C)c1CN1CCC[C@H]1c1c(C)nn(C)c1Cl. The predicted molar refractivity (Wildman–Crippen MR) is 81.3 cm³/mol. The summed E-state index contributed by atoms with van der Waals surface area (Å²) in [6.07, 6.45) is 2.30. The molecule has 2 aromatic heterocycles. The van der Waals surface area contributed by atoms with Crippen LogP contribution >= 0.6 is 11.6 Å². The van der Waals surface area contributed by atoms with E-state index in [9.17, 15) is 0 Å². The number of rotatable bonds is 3. The van der Waals surface area contributed by atoms with Gasteiger partial charge in [0.1, 0.15) is 10.9 Å². The summed E-state index contributed by atoms with van der Waals surface area (Å²) in [7, 11) is 1.90. The van der Waals surface area contributed by atoms with Gasteiger partial charge in [-0.05, 0) is 40.2 Å². The quantitative estimate of drug-likeness (QED) is 0.872. The zero-order valence-corrected chi connectivity index (χ0v) is 13.7. The largest absolute Gasteiger partial charge is 0.361 e. The number of halogens is 1. The lowest BCUT2D eigenvalue weighted by Crippen LogP contribution is -2.23. The van der Waals surface area contributed by atoms with E-state index in [2.05, 4.69) is 15.2 Å².